The Kier molecular flexibility index (Phi) is 7.54. The molecule has 1 heterocycles. The van der Waals surface area contributed by atoms with Crippen molar-refractivity contribution in [2.75, 3.05) is 44.2 Å². The van der Waals surface area contributed by atoms with Gasteiger partial charge in [-0.1, -0.05) is 6.92 Å². The molecule has 0 radical (unpaired) electrons. The maximum absolute atomic E-state index is 12.1. The highest BCUT2D eigenvalue weighted by atomic mass is 16.6. The summed E-state index contributed by atoms with van der Waals surface area (Å²) in [5.74, 6) is -0.342. The maximum Gasteiger partial charge on any atom is 0.269 e. The molecular weight excluding hydrogens is 350 g/mol. The van der Waals surface area contributed by atoms with Gasteiger partial charge >= 0.3 is 0 Å². The zero-order valence-electron chi connectivity index (χ0n) is 15.8. The van der Waals surface area contributed by atoms with Crippen LogP contribution in [-0.4, -0.2) is 66.9 Å². The van der Waals surface area contributed by atoms with Crippen LogP contribution >= 0.6 is 0 Å². The van der Waals surface area contributed by atoms with Gasteiger partial charge in [0.2, 0.25) is 11.8 Å². The summed E-state index contributed by atoms with van der Waals surface area (Å²) in [6.07, 6.45) is 0.853. The standard InChI is InChI=1S/C18H27N5O4/c1-3-8-19-18(25)14(2)20-17(24)13-21-9-11-22(12-10-21)15-4-6-16(7-5-15)23(26)27/h4-7,14H,3,8-13H2,1-2H3,(H,19,25)(H,20,24)/t14-/m0/s1. The average Bonchev–Trinajstić information content (AvgIpc) is 2.66. The number of nitro groups is 1. The number of non-ortho nitro benzene ring substituents is 1. The third-order valence-corrected chi connectivity index (χ3v) is 4.49. The molecule has 1 fully saturated rings. The Morgan fingerprint density at radius 3 is 2.37 bits per heavy atom. The number of hydrogen-bond acceptors (Lipinski definition) is 6. The molecule has 0 spiro atoms. The van der Waals surface area contributed by atoms with Crippen molar-refractivity contribution in [3.8, 4) is 0 Å². The second-order valence-electron chi connectivity index (χ2n) is 6.62. The summed E-state index contributed by atoms with van der Waals surface area (Å²) in [6, 6.07) is 5.94. The monoisotopic (exact) mass is 377 g/mol. The summed E-state index contributed by atoms with van der Waals surface area (Å²) < 4.78 is 0. The van der Waals surface area contributed by atoms with Crippen molar-refractivity contribution in [3.05, 3.63) is 34.4 Å². The van der Waals surface area contributed by atoms with Gasteiger partial charge in [-0.05, 0) is 25.5 Å². The summed E-state index contributed by atoms with van der Waals surface area (Å²) >= 11 is 0. The minimum atomic E-state index is -0.551. The van der Waals surface area contributed by atoms with Gasteiger partial charge in [0.25, 0.3) is 5.69 Å². The molecule has 1 saturated heterocycles. The Labute approximate surface area is 158 Å². The molecule has 1 aliphatic rings. The van der Waals surface area contributed by atoms with Crippen LogP contribution in [0.15, 0.2) is 24.3 Å². The van der Waals surface area contributed by atoms with E-state index in [-0.39, 0.29) is 24.0 Å². The van der Waals surface area contributed by atoms with Crippen molar-refractivity contribution >= 4 is 23.2 Å². The number of hydrogen-bond donors (Lipinski definition) is 2. The molecule has 2 N–H and O–H groups in total. The highest BCUT2D eigenvalue weighted by Crippen LogP contribution is 2.20. The number of piperazine rings is 1. The fraction of sp³-hybridized carbons (Fsp3) is 0.556. The predicted octanol–water partition coefficient (Wildman–Crippen LogP) is 0.748. The van der Waals surface area contributed by atoms with E-state index in [1.807, 2.05) is 11.8 Å². The second-order valence-corrected chi connectivity index (χ2v) is 6.62. The van der Waals surface area contributed by atoms with E-state index in [9.17, 15) is 19.7 Å². The number of rotatable bonds is 8. The number of benzene rings is 1. The summed E-state index contributed by atoms with van der Waals surface area (Å²) in [5.41, 5.74) is 1.01. The van der Waals surface area contributed by atoms with Gasteiger partial charge in [-0.25, -0.2) is 0 Å². The minimum Gasteiger partial charge on any atom is -0.369 e. The van der Waals surface area contributed by atoms with Crippen LogP contribution in [0.2, 0.25) is 0 Å². The largest absolute Gasteiger partial charge is 0.369 e. The van der Waals surface area contributed by atoms with E-state index in [1.165, 1.54) is 12.1 Å². The molecule has 1 atom stereocenters. The van der Waals surface area contributed by atoms with Crippen LogP contribution in [0.4, 0.5) is 11.4 Å². The first kappa shape index (κ1) is 20.6. The quantitative estimate of drug-likeness (QED) is 0.511. The number of nitrogens with zero attached hydrogens (tertiary/aromatic N) is 3. The molecule has 1 aliphatic heterocycles. The molecular formula is C18H27N5O4. The first-order chi connectivity index (χ1) is 12.9. The molecule has 2 rings (SSSR count). The molecule has 0 aromatic heterocycles. The molecule has 9 heteroatoms. The molecule has 1 aromatic carbocycles. The van der Waals surface area contributed by atoms with Gasteiger partial charge in [0.15, 0.2) is 0 Å². The van der Waals surface area contributed by atoms with Gasteiger partial charge in [-0.2, -0.15) is 0 Å². The molecule has 148 valence electrons. The SMILES string of the molecule is CCCNC(=O)[C@H](C)NC(=O)CN1CCN(c2ccc([N+](=O)[O-])cc2)CC1. The first-order valence-electron chi connectivity index (χ1n) is 9.19. The van der Waals surface area contributed by atoms with Crippen LogP contribution in [0.5, 0.6) is 0 Å². The Hall–Kier alpha value is -2.68. The van der Waals surface area contributed by atoms with Crippen LogP contribution in [-0.2, 0) is 9.59 Å². The summed E-state index contributed by atoms with van der Waals surface area (Å²) in [5, 5.41) is 16.2. The molecule has 0 aliphatic carbocycles. The summed E-state index contributed by atoms with van der Waals surface area (Å²) in [6.45, 7) is 7.38. The fourth-order valence-electron chi connectivity index (χ4n) is 2.91. The van der Waals surface area contributed by atoms with Crippen LogP contribution < -0.4 is 15.5 Å². The van der Waals surface area contributed by atoms with E-state index in [0.717, 1.165) is 25.2 Å². The van der Waals surface area contributed by atoms with Crippen LogP contribution in [0, 0.1) is 10.1 Å². The van der Waals surface area contributed by atoms with Crippen molar-refractivity contribution in [1.29, 1.82) is 0 Å². The summed E-state index contributed by atoms with van der Waals surface area (Å²) in [4.78, 5) is 38.4. The Bertz CT molecular complexity index is 656. The number of anilines is 1. The van der Waals surface area contributed by atoms with Crippen molar-refractivity contribution in [3.63, 3.8) is 0 Å². The van der Waals surface area contributed by atoms with Crippen LogP contribution in [0.3, 0.4) is 0 Å². The first-order valence-corrected chi connectivity index (χ1v) is 9.19. The van der Waals surface area contributed by atoms with Crippen molar-refractivity contribution < 1.29 is 14.5 Å². The zero-order valence-corrected chi connectivity index (χ0v) is 15.8. The van der Waals surface area contributed by atoms with Crippen molar-refractivity contribution in [2.45, 2.75) is 26.3 Å². The molecule has 2 amide bonds. The fourth-order valence-corrected chi connectivity index (χ4v) is 2.91. The van der Waals surface area contributed by atoms with E-state index in [2.05, 4.69) is 15.5 Å². The van der Waals surface area contributed by atoms with Crippen LogP contribution in [0.25, 0.3) is 0 Å². The number of carbonyl (C=O) groups excluding carboxylic acids is 2. The molecule has 0 saturated carbocycles. The molecule has 1 aromatic rings. The Balaban J connectivity index is 1.76. The van der Waals surface area contributed by atoms with Crippen molar-refractivity contribution in [2.24, 2.45) is 0 Å². The number of carbonyl (C=O) groups is 2. The number of nitrogens with one attached hydrogen (secondary N) is 2. The molecule has 27 heavy (non-hydrogen) atoms. The van der Waals surface area contributed by atoms with E-state index in [1.54, 1.807) is 19.1 Å². The topological polar surface area (TPSA) is 108 Å². The van der Waals surface area contributed by atoms with E-state index >= 15 is 0 Å². The highest BCUT2D eigenvalue weighted by Gasteiger charge is 2.21. The Morgan fingerprint density at radius 2 is 1.81 bits per heavy atom. The number of nitro benzene ring substituents is 1. The van der Waals surface area contributed by atoms with Gasteiger partial charge in [0, 0.05) is 50.5 Å². The molecule has 0 bridgehead atoms. The van der Waals surface area contributed by atoms with Crippen molar-refractivity contribution in [1.82, 2.24) is 15.5 Å². The van der Waals surface area contributed by atoms with Gasteiger partial charge in [0.1, 0.15) is 6.04 Å². The third kappa shape index (κ3) is 6.21. The highest BCUT2D eigenvalue weighted by molar-refractivity contribution is 5.87. The van der Waals surface area contributed by atoms with Gasteiger partial charge < -0.3 is 15.5 Å². The van der Waals surface area contributed by atoms with E-state index < -0.39 is 11.0 Å². The van der Waals surface area contributed by atoms with Gasteiger partial charge in [-0.3, -0.25) is 24.6 Å². The minimum absolute atomic E-state index is 0.0751. The van der Waals surface area contributed by atoms with Gasteiger partial charge in [0.05, 0.1) is 11.5 Å². The van der Waals surface area contributed by atoms with E-state index in [0.29, 0.717) is 19.6 Å². The molecule has 0 unspecified atom stereocenters. The lowest BCUT2D eigenvalue weighted by Gasteiger charge is -2.35. The third-order valence-electron chi connectivity index (χ3n) is 4.49. The average molecular weight is 377 g/mol. The lowest BCUT2D eigenvalue weighted by molar-refractivity contribution is -0.384. The second kappa shape index (κ2) is 9.86. The lowest BCUT2D eigenvalue weighted by atomic mass is 10.2. The smallest absolute Gasteiger partial charge is 0.269 e. The summed E-state index contributed by atoms with van der Waals surface area (Å²) in [7, 11) is 0. The van der Waals surface area contributed by atoms with E-state index in [4.69, 9.17) is 0 Å². The normalized spacial score (nSPS) is 15.9. The lowest BCUT2D eigenvalue weighted by Crippen LogP contribution is -2.52. The zero-order chi connectivity index (χ0) is 19.8. The number of amides is 2. The van der Waals surface area contributed by atoms with Crippen LogP contribution in [0.1, 0.15) is 20.3 Å². The Morgan fingerprint density at radius 1 is 1.19 bits per heavy atom. The molecule has 9 nitrogen and oxygen atoms in total. The maximum atomic E-state index is 12.1. The predicted molar refractivity (Wildman–Crippen MR) is 103 cm³/mol. The van der Waals surface area contributed by atoms with Gasteiger partial charge in [-0.15, -0.1) is 0 Å².